The fourth-order valence-corrected chi connectivity index (χ4v) is 0.755. The van der Waals surface area contributed by atoms with Gasteiger partial charge in [0.05, 0.1) is 5.41 Å². The maximum atomic E-state index is 13.1. The molecule has 0 aromatic carbocycles. The van der Waals surface area contributed by atoms with E-state index >= 15 is 0 Å². The minimum Gasteiger partial charge on any atom is -0.251 e. The van der Waals surface area contributed by atoms with Crippen molar-refractivity contribution in [1.29, 1.82) is 0 Å². The summed E-state index contributed by atoms with van der Waals surface area (Å²) in [6.45, 7) is -2.65. The van der Waals surface area contributed by atoms with Gasteiger partial charge in [-0.05, 0) is 27.7 Å². The Balaban J connectivity index is 0. The van der Waals surface area contributed by atoms with Crippen molar-refractivity contribution < 1.29 is 70.9 Å². The van der Waals surface area contributed by atoms with E-state index in [0.717, 1.165) is 13.8 Å². The van der Waals surface area contributed by atoms with E-state index in [9.17, 15) is 61.5 Å². The molecule has 0 amide bonds. The van der Waals surface area contributed by atoms with Crippen LogP contribution in [-0.4, -0.2) is 44.2 Å². The number of halogens is 14. The molecule has 0 saturated heterocycles. The van der Waals surface area contributed by atoms with Crippen LogP contribution in [-0.2, 0) is 9.47 Å². The lowest BCUT2D eigenvalue weighted by Gasteiger charge is -2.36. The Morgan fingerprint density at radius 3 is 1.07 bits per heavy atom. The molecule has 0 atom stereocenters. The first-order valence-corrected chi connectivity index (χ1v) is 7.09. The Hall–Kier alpha value is -1.06. The number of rotatable bonds is 9. The van der Waals surface area contributed by atoms with Gasteiger partial charge in [-0.2, -0.15) is 35.1 Å². The summed E-state index contributed by atoms with van der Waals surface area (Å²) in [6.07, 6.45) is -27.7. The summed E-state index contributed by atoms with van der Waals surface area (Å²) in [6, 6.07) is 0. The molecule has 0 aliphatic carbocycles. The second-order valence-electron chi connectivity index (χ2n) is 6.48. The predicted molar refractivity (Wildman–Crippen MR) is 68.6 cm³/mol. The van der Waals surface area contributed by atoms with Crippen LogP contribution in [0.25, 0.3) is 0 Å². The molecule has 0 radical (unpaired) electrons. The smallest absolute Gasteiger partial charge is 0.251 e. The molecule has 0 aromatic rings. The minimum atomic E-state index is -6.26. The highest BCUT2D eigenvalue weighted by Crippen LogP contribution is 2.48. The van der Waals surface area contributed by atoms with E-state index in [0.29, 0.717) is 0 Å². The molecule has 0 unspecified atom stereocenters. The Kier molecular flexibility index (Phi) is 10.2. The molecule has 0 rings (SSSR count). The van der Waals surface area contributed by atoms with Gasteiger partial charge in [0.1, 0.15) is 5.41 Å². The average Bonchev–Trinajstić information content (AvgIpc) is 2.44. The molecule has 0 N–H and O–H groups in total. The fraction of sp³-hybridized carbons (Fsp3) is 1.00. The third-order valence-electron chi connectivity index (χ3n) is 3.25. The third-order valence-corrected chi connectivity index (χ3v) is 3.25. The number of ether oxygens (including phenoxy) is 2. The van der Waals surface area contributed by atoms with Crippen molar-refractivity contribution in [2.75, 3.05) is 0 Å². The molecule has 29 heavy (non-hydrogen) atoms. The molecule has 178 valence electrons. The first-order chi connectivity index (χ1) is 12.5. The molecule has 0 bridgehead atoms. The molecular formula is C13H16F14O2. The van der Waals surface area contributed by atoms with E-state index in [-0.39, 0.29) is 13.8 Å². The topological polar surface area (TPSA) is 18.5 Å². The van der Waals surface area contributed by atoms with Gasteiger partial charge in [-0.3, -0.25) is 4.74 Å². The monoisotopic (exact) mass is 470 g/mol. The molecule has 0 aliphatic rings. The molecule has 0 aromatic heterocycles. The fourth-order valence-electron chi connectivity index (χ4n) is 0.755. The van der Waals surface area contributed by atoms with Crippen LogP contribution in [0.3, 0.4) is 0 Å². The molecule has 0 aliphatic heterocycles. The van der Waals surface area contributed by atoms with E-state index in [1.807, 2.05) is 0 Å². The summed E-state index contributed by atoms with van der Waals surface area (Å²) in [5.74, 6) is 0. The SMILES string of the molecule is CC(C)(C(F)F)C(F)(F)OC(F)(F)C(F)(F)OC(F)F.CC(C)(C(F)F)C(F)F. The minimum absolute atomic E-state index is 0.0554. The summed E-state index contributed by atoms with van der Waals surface area (Å²) in [5, 5.41) is 0. The lowest BCUT2D eigenvalue weighted by Crippen LogP contribution is -2.54. The standard InChI is InChI=1S/C8H8F10O2.C5H8F4/c1-5(2,3(9)10)6(13,14)20-8(17,18)7(15,16)19-4(11)12;1-5(2,3(6)7)4(8)9/h3-4H,1-2H3;3-4H,1-2H3. The highest BCUT2D eigenvalue weighted by Gasteiger charge is 2.69. The van der Waals surface area contributed by atoms with E-state index in [1.165, 1.54) is 0 Å². The quantitative estimate of drug-likeness (QED) is 0.343. The van der Waals surface area contributed by atoms with Gasteiger partial charge in [-0.15, -0.1) is 0 Å². The Labute approximate surface area is 155 Å². The zero-order valence-electron chi connectivity index (χ0n) is 14.9. The van der Waals surface area contributed by atoms with Crippen LogP contribution in [0.5, 0.6) is 0 Å². The van der Waals surface area contributed by atoms with E-state index in [1.54, 1.807) is 0 Å². The van der Waals surface area contributed by atoms with Crippen molar-refractivity contribution in [2.24, 2.45) is 10.8 Å². The number of hydrogen-bond acceptors (Lipinski definition) is 2. The summed E-state index contributed by atoms with van der Waals surface area (Å²) >= 11 is 0. The van der Waals surface area contributed by atoms with Crippen molar-refractivity contribution in [3.05, 3.63) is 0 Å². The Morgan fingerprint density at radius 2 is 0.862 bits per heavy atom. The molecule has 0 fully saturated rings. The van der Waals surface area contributed by atoms with Gasteiger partial charge in [0.2, 0.25) is 12.9 Å². The second-order valence-corrected chi connectivity index (χ2v) is 6.48. The van der Waals surface area contributed by atoms with Crippen LogP contribution in [0, 0.1) is 10.8 Å². The summed E-state index contributed by atoms with van der Waals surface area (Å²) in [4.78, 5) is 0. The van der Waals surface area contributed by atoms with Crippen LogP contribution in [0.4, 0.5) is 61.5 Å². The van der Waals surface area contributed by atoms with Gasteiger partial charge in [-0.1, -0.05) is 0 Å². The molecule has 0 heterocycles. The van der Waals surface area contributed by atoms with E-state index in [2.05, 4.69) is 9.47 Å². The van der Waals surface area contributed by atoms with Gasteiger partial charge in [0, 0.05) is 0 Å². The highest BCUT2D eigenvalue weighted by atomic mass is 19.3. The molecular weight excluding hydrogens is 454 g/mol. The highest BCUT2D eigenvalue weighted by molar-refractivity contribution is 4.83. The number of alkyl halides is 14. The first-order valence-electron chi connectivity index (χ1n) is 7.09. The summed E-state index contributed by atoms with van der Waals surface area (Å²) in [7, 11) is 0. The Morgan fingerprint density at radius 1 is 0.517 bits per heavy atom. The first kappa shape index (κ1) is 30.1. The van der Waals surface area contributed by atoms with E-state index in [4.69, 9.17) is 0 Å². The normalized spacial score (nSPS) is 14.7. The van der Waals surface area contributed by atoms with Gasteiger partial charge in [0.25, 0.3) is 6.43 Å². The molecule has 2 nitrogen and oxygen atoms in total. The average molecular weight is 470 g/mol. The van der Waals surface area contributed by atoms with Crippen molar-refractivity contribution in [1.82, 2.24) is 0 Å². The predicted octanol–water partition coefficient (Wildman–Crippen LogP) is 6.85. The summed E-state index contributed by atoms with van der Waals surface area (Å²) < 4.78 is 175. The molecule has 0 spiro atoms. The second kappa shape index (κ2) is 9.83. The maximum Gasteiger partial charge on any atom is 0.453 e. The van der Waals surface area contributed by atoms with Gasteiger partial charge in [0.15, 0.2) is 0 Å². The van der Waals surface area contributed by atoms with Gasteiger partial charge in [-0.25, -0.2) is 31.1 Å². The van der Waals surface area contributed by atoms with Crippen LogP contribution in [0.1, 0.15) is 27.7 Å². The van der Waals surface area contributed by atoms with Gasteiger partial charge >= 0.3 is 24.9 Å². The lowest BCUT2D eigenvalue weighted by atomic mass is 9.92. The van der Waals surface area contributed by atoms with Crippen molar-refractivity contribution in [3.63, 3.8) is 0 Å². The van der Waals surface area contributed by atoms with Crippen molar-refractivity contribution >= 4 is 0 Å². The van der Waals surface area contributed by atoms with Crippen molar-refractivity contribution in [3.8, 4) is 0 Å². The maximum absolute atomic E-state index is 13.1. The Bertz CT molecular complexity index is 480. The largest absolute Gasteiger partial charge is 0.453 e. The zero-order chi connectivity index (χ0) is 24.2. The van der Waals surface area contributed by atoms with Crippen molar-refractivity contribution in [2.45, 2.75) is 71.9 Å². The van der Waals surface area contributed by atoms with E-state index < -0.39 is 55.0 Å². The van der Waals surface area contributed by atoms with Crippen LogP contribution >= 0.6 is 0 Å². The third kappa shape index (κ3) is 7.94. The van der Waals surface area contributed by atoms with Crippen LogP contribution in [0.2, 0.25) is 0 Å². The lowest BCUT2D eigenvalue weighted by molar-refractivity contribution is -0.511. The van der Waals surface area contributed by atoms with Crippen LogP contribution < -0.4 is 0 Å². The molecule has 16 heteroatoms. The van der Waals surface area contributed by atoms with Crippen LogP contribution in [0.15, 0.2) is 0 Å². The summed E-state index contributed by atoms with van der Waals surface area (Å²) in [5.41, 5.74) is -5.75. The number of hydrogen-bond donors (Lipinski definition) is 0. The molecule has 0 saturated carbocycles. The van der Waals surface area contributed by atoms with Gasteiger partial charge < -0.3 is 0 Å². The zero-order valence-corrected chi connectivity index (χ0v) is 14.9.